The molecule has 3 nitrogen and oxygen atoms in total. The first-order chi connectivity index (χ1) is 9.24. The maximum atomic E-state index is 12.5. The number of benzene rings is 1. The van der Waals surface area contributed by atoms with Crippen molar-refractivity contribution in [2.24, 2.45) is 0 Å². The van der Waals surface area contributed by atoms with Crippen molar-refractivity contribution >= 4 is 22.8 Å². The molecule has 1 aliphatic rings. The van der Waals surface area contributed by atoms with Gasteiger partial charge in [-0.3, -0.25) is 4.79 Å². The summed E-state index contributed by atoms with van der Waals surface area (Å²) in [5.41, 5.74) is 3.23. The van der Waals surface area contributed by atoms with Crippen molar-refractivity contribution in [1.82, 2.24) is 4.98 Å². The van der Waals surface area contributed by atoms with Crippen molar-refractivity contribution in [3.63, 3.8) is 0 Å². The lowest BCUT2D eigenvalue weighted by Crippen LogP contribution is -2.24. The van der Waals surface area contributed by atoms with Crippen molar-refractivity contribution in [2.45, 2.75) is 25.7 Å². The third-order valence-electron chi connectivity index (χ3n) is 3.47. The molecule has 3 rings (SSSR count). The minimum Gasteiger partial charge on any atom is -0.385 e. The predicted molar refractivity (Wildman–Crippen MR) is 77.9 cm³/mol. The fourth-order valence-corrected chi connectivity index (χ4v) is 3.34. The van der Waals surface area contributed by atoms with Gasteiger partial charge in [0.1, 0.15) is 10.8 Å². The molecular formula is C15H16N2OS. The number of ketones is 1. The molecule has 0 spiro atoms. The molecule has 0 bridgehead atoms. The molecule has 0 radical (unpaired) electrons. The summed E-state index contributed by atoms with van der Waals surface area (Å²) in [7, 11) is 0. The fourth-order valence-electron chi connectivity index (χ4n) is 2.56. The van der Waals surface area contributed by atoms with Crippen LogP contribution in [-0.2, 0) is 11.2 Å². The summed E-state index contributed by atoms with van der Waals surface area (Å²) >= 11 is 1.58. The lowest BCUT2D eigenvalue weighted by molar-refractivity contribution is -0.120. The molecule has 1 atom stereocenters. The molecule has 0 fully saturated rings. The number of aryl methyl sites for hydroxylation is 1. The van der Waals surface area contributed by atoms with Gasteiger partial charge in [0, 0.05) is 29.2 Å². The molecule has 0 amide bonds. The van der Waals surface area contributed by atoms with Crippen molar-refractivity contribution in [3.05, 3.63) is 45.9 Å². The second-order valence-electron chi connectivity index (χ2n) is 4.88. The number of rotatable bonds is 3. The minimum atomic E-state index is 0.0154. The number of fused-ring (bicyclic) bond motifs is 1. The van der Waals surface area contributed by atoms with Crippen LogP contribution in [0, 0.1) is 6.92 Å². The van der Waals surface area contributed by atoms with Crippen LogP contribution in [-0.4, -0.2) is 17.3 Å². The summed E-state index contributed by atoms with van der Waals surface area (Å²) in [6.45, 7) is 2.83. The van der Waals surface area contributed by atoms with E-state index >= 15 is 0 Å². The molecule has 1 unspecified atom stereocenters. The van der Waals surface area contributed by atoms with E-state index in [-0.39, 0.29) is 11.7 Å². The Kier molecular flexibility index (Phi) is 3.34. The normalized spacial score (nSPS) is 17.6. The zero-order chi connectivity index (χ0) is 13.2. The fraction of sp³-hybridized carbons (Fsp3) is 0.333. The SMILES string of the molecule is Cc1csc(CC(=O)C2CCNc3ccccc32)n1. The van der Waals surface area contributed by atoms with E-state index in [0.717, 1.165) is 34.9 Å². The number of nitrogens with one attached hydrogen (secondary N) is 1. The van der Waals surface area contributed by atoms with Gasteiger partial charge in [-0.05, 0) is 25.0 Å². The van der Waals surface area contributed by atoms with Crippen LogP contribution < -0.4 is 5.32 Å². The summed E-state index contributed by atoms with van der Waals surface area (Å²) in [6.07, 6.45) is 1.33. The number of carbonyl (C=O) groups excluding carboxylic acids is 1. The smallest absolute Gasteiger partial charge is 0.147 e. The van der Waals surface area contributed by atoms with Gasteiger partial charge >= 0.3 is 0 Å². The number of anilines is 1. The van der Waals surface area contributed by atoms with E-state index < -0.39 is 0 Å². The van der Waals surface area contributed by atoms with Crippen molar-refractivity contribution < 1.29 is 4.79 Å². The summed E-state index contributed by atoms with van der Waals surface area (Å²) in [6, 6.07) is 8.10. The second-order valence-corrected chi connectivity index (χ2v) is 5.82. The quantitative estimate of drug-likeness (QED) is 0.933. The highest BCUT2D eigenvalue weighted by molar-refractivity contribution is 7.09. The first kappa shape index (κ1) is 12.4. The minimum absolute atomic E-state index is 0.0154. The Labute approximate surface area is 116 Å². The molecule has 0 aliphatic carbocycles. The maximum absolute atomic E-state index is 12.5. The van der Waals surface area contributed by atoms with E-state index in [0.29, 0.717) is 6.42 Å². The lowest BCUT2D eigenvalue weighted by Gasteiger charge is -2.25. The molecule has 1 N–H and O–H groups in total. The third-order valence-corrected chi connectivity index (χ3v) is 4.43. The number of aromatic nitrogens is 1. The van der Waals surface area contributed by atoms with Gasteiger partial charge in [-0.25, -0.2) is 4.98 Å². The number of carbonyl (C=O) groups is 1. The topological polar surface area (TPSA) is 42.0 Å². The molecule has 1 aliphatic heterocycles. The van der Waals surface area contributed by atoms with Gasteiger partial charge < -0.3 is 5.32 Å². The van der Waals surface area contributed by atoms with Gasteiger partial charge in [0.15, 0.2) is 0 Å². The Morgan fingerprint density at radius 2 is 2.32 bits per heavy atom. The molecule has 1 aromatic heterocycles. The Hall–Kier alpha value is -1.68. The zero-order valence-corrected chi connectivity index (χ0v) is 11.7. The number of Topliss-reactive ketones (excluding diaryl/α,β-unsaturated/α-hetero) is 1. The van der Waals surface area contributed by atoms with Crippen LogP contribution in [0.1, 0.15) is 28.6 Å². The average molecular weight is 272 g/mol. The number of hydrogen-bond acceptors (Lipinski definition) is 4. The van der Waals surface area contributed by atoms with Crippen LogP contribution in [0.15, 0.2) is 29.6 Å². The van der Waals surface area contributed by atoms with Crippen LogP contribution in [0.3, 0.4) is 0 Å². The van der Waals surface area contributed by atoms with Gasteiger partial charge in [0.05, 0.1) is 6.42 Å². The van der Waals surface area contributed by atoms with E-state index in [1.165, 1.54) is 0 Å². The molecule has 1 aromatic carbocycles. The average Bonchev–Trinajstić information content (AvgIpc) is 2.83. The number of nitrogens with zero attached hydrogens (tertiary/aromatic N) is 1. The van der Waals surface area contributed by atoms with E-state index in [2.05, 4.69) is 16.4 Å². The maximum Gasteiger partial charge on any atom is 0.147 e. The van der Waals surface area contributed by atoms with E-state index in [4.69, 9.17) is 0 Å². The lowest BCUT2D eigenvalue weighted by atomic mass is 9.86. The number of hydrogen-bond donors (Lipinski definition) is 1. The summed E-state index contributed by atoms with van der Waals surface area (Å²) in [4.78, 5) is 16.9. The zero-order valence-electron chi connectivity index (χ0n) is 10.8. The first-order valence-corrected chi connectivity index (χ1v) is 7.38. The second kappa shape index (κ2) is 5.13. The Bertz CT molecular complexity index is 606. The highest BCUT2D eigenvalue weighted by Gasteiger charge is 2.26. The molecule has 19 heavy (non-hydrogen) atoms. The van der Waals surface area contributed by atoms with Crippen molar-refractivity contribution in [1.29, 1.82) is 0 Å². The van der Waals surface area contributed by atoms with Gasteiger partial charge in [0.2, 0.25) is 0 Å². The van der Waals surface area contributed by atoms with Crippen LogP contribution in [0.5, 0.6) is 0 Å². The van der Waals surface area contributed by atoms with E-state index in [9.17, 15) is 4.79 Å². The van der Waals surface area contributed by atoms with Crippen molar-refractivity contribution in [2.75, 3.05) is 11.9 Å². The molecule has 4 heteroatoms. The molecule has 0 saturated heterocycles. The van der Waals surface area contributed by atoms with E-state index in [1.54, 1.807) is 11.3 Å². The molecule has 2 aromatic rings. The highest BCUT2D eigenvalue weighted by Crippen LogP contribution is 2.32. The standard InChI is InChI=1S/C15H16N2OS/c1-10-9-19-15(17-10)8-14(18)12-6-7-16-13-5-3-2-4-11(12)13/h2-5,9,12,16H,6-8H2,1H3. The van der Waals surface area contributed by atoms with Crippen LogP contribution in [0.4, 0.5) is 5.69 Å². The van der Waals surface area contributed by atoms with Crippen molar-refractivity contribution in [3.8, 4) is 0 Å². The van der Waals surface area contributed by atoms with Crippen LogP contribution in [0.2, 0.25) is 0 Å². The van der Waals surface area contributed by atoms with Gasteiger partial charge in [-0.2, -0.15) is 0 Å². The molecule has 98 valence electrons. The predicted octanol–water partition coefficient (Wildman–Crippen LogP) is 3.16. The summed E-state index contributed by atoms with van der Waals surface area (Å²) in [5, 5.41) is 6.28. The summed E-state index contributed by atoms with van der Waals surface area (Å²) < 4.78 is 0. The van der Waals surface area contributed by atoms with Crippen LogP contribution in [0.25, 0.3) is 0 Å². The number of thiazole rings is 1. The molecule has 0 saturated carbocycles. The van der Waals surface area contributed by atoms with Gasteiger partial charge in [-0.1, -0.05) is 18.2 Å². The first-order valence-electron chi connectivity index (χ1n) is 6.50. The van der Waals surface area contributed by atoms with E-state index in [1.807, 2.05) is 30.5 Å². The molecule has 2 heterocycles. The van der Waals surface area contributed by atoms with Gasteiger partial charge in [-0.15, -0.1) is 11.3 Å². The monoisotopic (exact) mass is 272 g/mol. The summed E-state index contributed by atoms with van der Waals surface area (Å²) in [5.74, 6) is 0.296. The Balaban J connectivity index is 1.81. The van der Waals surface area contributed by atoms with Gasteiger partial charge in [0.25, 0.3) is 0 Å². The Morgan fingerprint density at radius 1 is 1.47 bits per heavy atom. The highest BCUT2D eigenvalue weighted by atomic mass is 32.1. The van der Waals surface area contributed by atoms with Crippen LogP contribution >= 0.6 is 11.3 Å². The Morgan fingerprint density at radius 3 is 3.11 bits per heavy atom. The molecular weight excluding hydrogens is 256 g/mol. The number of para-hydroxylation sites is 1. The largest absolute Gasteiger partial charge is 0.385 e. The third kappa shape index (κ3) is 2.54.